The van der Waals surface area contributed by atoms with Gasteiger partial charge in [0.25, 0.3) is 5.91 Å². The van der Waals surface area contributed by atoms with E-state index in [0.29, 0.717) is 45.1 Å². The van der Waals surface area contributed by atoms with Crippen LogP contribution >= 0.6 is 0 Å². The molecule has 2 aromatic rings. The Bertz CT molecular complexity index is 1350. The van der Waals surface area contributed by atoms with Crippen LogP contribution in [0.15, 0.2) is 48.3 Å². The second kappa shape index (κ2) is 11.7. The van der Waals surface area contributed by atoms with Crippen LogP contribution < -0.4 is 11.1 Å². The number of hydrogen-bond acceptors (Lipinski definition) is 8. The van der Waals surface area contributed by atoms with Gasteiger partial charge >= 0.3 is 0 Å². The van der Waals surface area contributed by atoms with Crippen LogP contribution in [0.5, 0.6) is 0 Å². The predicted octanol–water partition coefficient (Wildman–Crippen LogP) is 1.71. The Morgan fingerprint density at radius 1 is 1.15 bits per heavy atom. The molecule has 5 rings (SSSR count). The molecule has 0 atom stereocenters. The molecule has 0 spiro atoms. The van der Waals surface area contributed by atoms with Crippen LogP contribution in [0.2, 0.25) is 0 Å². The SMILES string of the molecule is C=C/C(NC(=O)c1c(N)nn2cc(F)cnc12)=C(\C(F)=C/C)N1CCC(C(=O)N2CCN(C3COC3)CC2)CC1. The first-order valence-electron chi connectivity index (χ1n) is 13.5. The van der Waals surface area contributed by atoms with Crippen LogP contribution in [0.1, 0.15) is 30.1 Å². The maximum absolute atomic E-state index is 15.2. The van der Waals surface area contributed by atoms with E-state index < -0.39 is 17.6 Å². The van der Waals surface area contributed by atoms with E-state index in [9.17, 15) is 14.0 Å². The van der Waals surface area contributed by atoms with Crippen molar-refractivity contribution in [3.63, 3.8) is 0 Å². The summed E-state index contributed by atoms with van der Waals surface area (Å²) in [6.07, 6.45) is 5.80. The van der Waals surface area contributed by atoms with E-state index in [2.05, 4.69) is 26.9 Å². The van der Waals surface area contributed by atoms with Crippen molar-refractivity contribution in [1.29, 1.82) is 0 Å². The molecule has 3 N–H and O–H groups in total. The Kier molecular flexibility index (Phi) is 8.12. The van der Waals surface area contributed by atoms with Gasteiger partial charge in [0.1, 0.15) is 11.4 Å². The number of hydrogen-bond donors (Lipinski definition) is 2. The molecule has 5 heterocycles. The molecule has 3 saturated heterocycles. The van der Waals surface area contributed by atoms with Gasteiger partial charge in [0.05, 0.1) is 43.0 Å². The second-order valence-electron chi connectivity index (χ2n) is 10.2. The Morgan fingerprint density at radius 3 is 2.45 bits per heavy atom. The fraction of sp³-hybridized carbons (Fsp3) is 0.481. The number of nitrogen functional groups attached to an aromatic ring is 1. The van der Waals surface area contributed by atoms with E-state index in [4.69, 9.17) is 10.5 Å². The molecule has 3 aliphatic heterocycles. The molecular weight excluding hydrogens is 522 g/mol. The lowest BCUT2D eigenvalue weighted by Gasteiger charge is -2.44. The highest BCUT2D eigenvalue weighted by atomic mass is 19.1. The minimum atomic E-state index is -0.680. The number of likely N-dealkylation sites (tertiary alicyclic amines) is 1. The molecule has 0 radical (unpaired) electrons. The minimum Gasteiger partial charge on any atom is -0.381 e. The predicted molar refractivity (Wildman–Crippen MR) is 144 cm³/mol. The third-order valence-electron chi connectivity index (χ3n) is 7.81. The van der Waals surface area contributed by atoms with Gasteiger partial charge in [-0.25, -0.2) is 18.3 Å². The van der Waals surface area contributed by atoms with E-state index in [1.54, 1.807) is 6.92 Å². The summed E-state index contributed by atoms with van der Waals surface area (Å²) in [4.78, 5) is 36.5. The zero-order valence-electron chi connectivity index (χ0n) is 22.5. The van der Waals surface area contributed by atoms with Crippen molar-refractivity contribution >= 4 is 23.3 Å². The van der Waals surface area contributed by atoms with Crippen LogP contribution in [0.3, 0.4) is 0 Å². The van der Waals surface area contributed by atoms with E-state index >= 15 is 4.39 Å². The van der Waals surface area contributed by atoms with Gasteiger partial charge in [-0.1, -0.05) is 6.58 Å². The van der Waals surface area contributed by atoms with Crippen LogP contribution in [0.4, 0.5) is 14.6 Å². The number of rotatable bonds is 7. The average molecular weight is 557 g/mol. The number of nitrogens with one attached hydrogen (secondary N) is 1. The lowest BCUT2D eigenvalue weighted by atomic mass is 9.94. The highest BCUT2D eigenvalue weighted by molar-refractivity contribution is 6.05. The first-order valence-corrected chi connectivity index (χ1v) is 13.5. The number of nitrogens with zero attached hydrogens (tertiary/aromatic N) is 6. The molecule has 11 nitrogen and oxygen atoms in total. The van der Waals surface area contributed by atoms with Crippen molar-refractivity contribution < 1.29 is 23.1 Å². The molecule has 13 heteroatoms. The number of aromatic nitrogens is 3. The van der Waals surface area contributed by atoms with Crippen molar-refractivity contribution in [3.8, 4) is 0 Å². The molecule has 2 amide bonds. The normalized spacial score (nSPS) is 20.3. The van der Waals surface area contributed by atoms with Crippen molar-refractivity contribution in [1.82, 2.24) is 34.6 Å². The van der Waals surface area contributed by atoms with Crippen LogP contribution in [0, 0.1) is 11.7 Å². The number of amides is 2. The summed E-state index contributed by atoms with van der Waals surface area (Å²) in [5, 5.41) is 6.63. The first kappa shape index (κ1) is 27.7. The van der Waals surface area contributed by atoms with Crippen molar-refractivity contribution in [2.45, 2.75) is 25.8 Å². The third kappa shape index (κ3) is 5.43. The Hall–Kier alpha value is -3.84. The summed E-state index contributed by atoms with van der Waals surface area (Å²) in [6.45, 7) is 10.8. The summed E-state index contributed by atoms with van der Waals surface area (Å²) < 4.78 is 35.2. The lowest BCUT2D eigenvalue weighted by molar-refractivity contribution is -0.141. The van der Waals surface area contributed by atoms with E-state index in [0.717, 1.165) is 43.2 Å². The molecule has 0 unspecified atom stereocenters. The summed E-state index contributed by atoms with van der Waals surface area (Å²) in [7, 11) is 0. The van der Waals surface area contributed by atoms with Crippen LogP contribution in [-0.2, 0) is 9.53 Å². The number of allylic oxidation sites excluding steroid dienone is 3. The zero-order chi connectivity index (χ0) is 28.4. The molecule has 214 valence electrons. The molecule has 0 aliphatic carbocycles. The van der Waals surface area contributed by atoms with Crippen LogP contribution in [-0.4, -0.2) is 99.6 Å². The smallest absolute Gasteiger partial charge is 0.263 e. The van der Waals surface area contributed by atoms with Gasteiger partial charge in [-0.05, 0) is 31.9 Å². The number of fused-ring (bicyclic) bond motifs is 1. The largest absolute Gasteiger partial charge is 0.381 e. The molecule has 3 aliphatic rings. The molecule has 0 aromatic carbocycles. The third-order valence-corrected chi connectivity index (χ3v) is 7.81. The number of carbonyl (C=O) groups is 2. The van der Waals surface area contributed by atoms with Crippen molar-refractivity contribution in [3.05, 3.63) is 59.7 Å². The average Bonchev–Trinajstić information content (AvgIpc) is 3.26. The van der Waals surface area contributed by atoms with E-state index in [1.165, 1.54) is 12.2 Å². The van der Waals surface area contributed by atoms with Crippen molar-refractivity contribution in [2.24, 2.45) is 5.92 Å². The number of nitrogens with two attached hydrogens (primary N) is 1. The minimum absolute atomic E-state index is 0.0613. The number of carbonyl (C=O) groups excluding carboxylic acids is 2. The number of piperidine rings is 1. The number of anilines is 1. The van der Waals surface area contributed by atoms with E-state index in [-0.39, 0.29) is 40.2 Å². The van der Waals surface area contributed by atoms with Gasteiger partial charge in [0.2, 0.25) is 5.91 Å². The summed E-state index contributed by atoms with van der Waals surface area (Å²) in [5.41, 5.74) is 6.24. The van der Waals surface area contributed by atoms with Gasteiger partial charge in [-0.3, -0.25) is 14.5 Å². The number of piperazine rings is 1. The van der Waals surface area contributed by atoms with Gasteiger partial charge < -0.3 is 25.6 Å². The Labute approximate surface area is 230 Å². The van der Waals surface area contributed by atoms with Gasteiger partial charge in [-0.2, -0.15) is 0 Å². The number of halogens is 2. The second-order valence-corrected chi connectivity index (χ2v) is 10.2. The molecule has 0 saturated carbocycles. The quantitative estimate of drug-likeness (QED) is 0.495. The molecule has 40 heavy (non-hydrogen) atoms. The molecule has 2 aromatic heterocycles. The van der Waals surface area contributed by atoms with Gasteiger partial charge in [0.15, 0.2) is 17.3 Å². The maximum Gasteiger partial charge on any atom is 0.263 e. The number of ether oxygens (including phenoxy) is 1. The van der Waals surface area contributed by atoms with Crippen LogP contribution in [0.25, 0.3) is 5.65 Å². The summed E-state index contributed by atoms with van der Waals surface area (Å²) in [5.74, 6) is -2.00. The topological polar surface area (TPSA) is 121 Å². The molecule has 3 fully saturated rings. The van der Waals surface area contributed by atoms with E-state index in [1.807, 2.05) is 9.80 Å². The summed E-state index contributed by atoms with van der Waals surface area (Å²) >= 11 is 0. The van der Waals surface area contributed by atoms with Gasteiger partial charge in [-0.15, -0.1) is 5.10 Å². The zero-order valence-corrected chi connectivity index (χ0v) is 22.5. The summed E-state index contributed by atoms with van der Waals surface area (Å²) in [6, 6.07) is 0.468. The fourth-order valence-corrected chi connectivity index (χ4v) is 5.48. The highest BCUT2D eigenvalue weighted by Crippen LogP contribution is 2.29. The monoisotopic (exact) mass is 556 g/mol. The van der Waals surface area contributed by atoms with Gasteiger partial charge in [0, 0.05) is 45.2 Å². The lowest BCUT2D eigenvalue weighted by Crippen LogP contribution is -2.58. The highest BCUT2D eigenvalue weighted by Gasteiger charge is 2.35. The maximum atomic E-state index is 15.2. The standard InChI is InChI=1S/C27H34F2N8O3/c1-3-20(29)23(21(4-2)32-26(38)22-24(30)33-37-14-18(28)13-31-25(22)37)35-7-5-17(6-8-35)27(39)36-11-9-34(10-12-36)19-15-40-16-19/h3-4,13-14,17,19H,2,5-12,15-16H2,1H3,(H2,30,33)(H,32,38)/b20-3+,23-21-. The Morgan fingerprint density at radius 2 is 1.85 bits per heavy atom. The fourth-order valence-electron chi connectivity index (χ4n) is 5.48. The molecular formula is C27H34F2N8O3. The molecule has 0 bridgehead atoms. The Balaban J connectivity index is 1.27. The van der Waals surface area contributed by atoms with Crippen molar-refractivity contribution in [2.75, 3.05) is 58.2 Å². The first-order chi connectivity index (χ1) is 19.3.